The third-order valence-corrected chi connectivity index (χ3v) is 3.90. The van der Waals surface area contributed by atoms with Crippen LogP contribution in [0.25, 0.3) is 0 Å². The number of hydrogen-bond donors (Lipinski definition) is 2. The maximum absolute atomic E-state index is 11.3. The second-order valence-corrected chi connectivity index (χ2v) is 6.69. The molecule has 0 heterocycles. The molecule has 0 aromatic rings. The standard InChI is InChI=1S/C16H34O4/c1-11(2)15(12(3)4,20-14(7)8)16(18,13(5)6)19-10-9-17/h11-14,17-18H,9-10H2,1-8H3. The Bertz CT molecular complexity index is 266. The summed E-state index contributed by atoms with van der Waals surface area (Å²) >= 11 is 0. The SMILES string of the molecule is CC(C)OC(C(C)C)(C(C)C)C(O)(OCCO)C(C)C. The Morgan fingerprint density at radius 1 is 0.850 bits per heavy atom. The number of rotatable bonds is 9. The normalized spacial score (nSPS) is 16.5. The predicted molar refractivity (Wildman–Crippen MR) is 81.5 cm³/mol. The summed E-state index contributed by atoms with van der Waals surface area (Å²) in [5.74, 6) is -1.47. The average Bonchev–Trinajstić information content (AvgIpc) is 2.31. The van der Waals surface area contributed by atoms with Crippen LogP contribution in [0.5, 0.6) is 0 Å². The van der Waals surface area contributed by atoms with Gasteiger partial charge in [0.2, 0.25) is 0 Å². The summed E-state index contributed by atoms with van der Waals surface area (Å²) in [4.78, 5) is 0. The summed E-state index contributed by atoms with van der Waals surface area (Å²) in [6, 6.07) is 0. The second kappa shape index (κ2) is 7.74. The van der Waals surface area contributed by atoms with E-state index >= 15 is 0 Å². The van der Waals surface area contributed by atoms with Gasteiger partial charge in [-0.25, -0.2) is 0 Å². The molecule has 4 nitrogen and oxygen atoms in total. The van der Waals surface area contributed by atoms with E-state index in [1.165, 1.54) is 0 Å². The fraction of sp³-hybridized carbons (Fsp3) is 1.00. The van der Waals surface area contributed by atoms with Crippen molar-refractivity contribution in [3.05, 3.63) is 0 Å². The van der Waals surface area contributed by atoms with E-state index < -0.39 is 11.4 Å². The Balaban J connectivity index is 5.85. The molecule has 0 aliphatic rings. The van der Waals surface area contributed by atoms with E-state index in [9.17, 15) is 5.11 Å². The highest BCUT2D eigenvalue weighted by molar-refractivity contribution is 5.02. The van der Waals surface area contributed by atoms with E-state index in [0.29, 0.717) is 0 Å². The molecule has 0 fully saturated rings. The molecule has 0 aliphatic carbocycles. The molecule has 0 radical (unpaired) electrons. The summed E-state index contributed by atoms with van der Waals surface area (Å²) in [6.45, 7) is 15.9. The highest BCUT2D eigenvalue weighted by Crippen LogP contribution is 2.45. The lowest BCUT2D eigenvalue weighted by molar-refractivity contribution is -0.364. The molecule has 0 rings (SSSR count). The van der Waals surface area contributed by atoms with Gasteiger partial charge in [-0.05, 0) is 25.7 Å². The van der Waals surface area contributed by atoms with Gasteiger partial charge in [-0.1, -0.05) is 41.5 Å². The van der Waals surface area contributed by atoms with E-state index in [1.807, 2.05) is 55.4 Å². The minimum Gasteiger partial charge on any atom is -0.394 e. The lowest BCUT2D eigenvalue weighted by atomic mass is 9.69. The number of hydrogen-bond acceptors (Lipinski definition) is 4. The van der Waals surface area contributed by atoms with Crippen molar-refractivity contribution < 1.29 is 19.7 Å². The predicted octanol–water partition coefficient (Wildman–Crippen LogP) is 2.82. The molecular weight excluding hydrogens is 256 g/mol. The smallest absolute Gasteiger partial charge is 0.198 e. The van der Waals surface area contributed by atoms with E-state index in [0.717, 1.165) is 0 Å². The molecule has 0 saturated carbocycles. The lowest BCUT2D eigenvalue weighted by Gasteiger charge is -2.54. The number of ether oxygens (including phenoxy) is 2. The van der Waals surface area contributed by atoms with Gasteiger partial charge in [-0.15, -0.1) is 0 Å². The number of aliphatic hydroxyl groups is 2. The van der Waals surface area contributed by atoms with Crippen LogP contribution >= 0.6 is 0 Å². The van der Waals surface area contributed by atoms with Crippen molar-refractivity contribution in [3.63, 3.8) is 0 Å². The lowest BCUT2D eigenvalue weighted by Crippen LogP contribution is -2.67. The Morgan fingerprint density at radius 2 is 1.30 bits per heavy atom. The van der Waals surface area contributed by atoms with Crippen LogP contribution in [0, 0.1) is 17.8 Å². The van der Waals surface area contributed by atoms with E-state index in [2.05, 4.69) is 0 Å². The molecule has 0 aromatic heterocycles. The van der Waals surface area contributed by atoms with Gasteiger partial charge in [0, 0.05) is 5.92 Å². The Hall–Kier alpha value is -0.160. The second-order valence-electron chi connectivity index (χ2n) is 6.69. The molecule has 1 atom stereocenters. The Labute approximate surface area is 124 Å². The van der Waals surface area contributed by atoms with Crippen molar-refractivity contribution in [2.45, 2.75) is 72.9 Å². The van der Waals surface area contributed by atoms with Crippen molar-refractivity contribution in [1.82, 2.24) is 0 Å². The van der Waals surface area contributed by atoms with Gasteiger partial charge in [-0.3, -0.25) is 0 Å². The molecule has 0 saturated heterocycles. The maximum atomic E-state index is 11.3. The van der Waals surface area contributed by atoms with Gasteiger partial charge < -0.3 is 19.7 Å². The van der Waals surface area contributed by atoms with Crippen molar-refractivity contribution in [2.24, 2.45) is 17.8 Å². The van der Waals surface area contributed by atoms with Crippen LogP contribution in [0.2, 0.25) is 0 Å². The van der Waals surface area contributed by atoms with Crippen LogP contribution in [-0.2, 0) is 9.47 Å². The maximum Gasteiger partial charge on any atom is 0.198 e. The zero-order valence-electron chi connectivity index (χ0n) is 14.4. The van der Waals surface area contributed by atoms with Gasteiger partial charge >= 0.3 is 0 Å². The van der Waals surface area contributed by atoms with Crippen LogP contribution in [0.15, 0.2) is 0 Å². The first-order valence-electron chi connectivity index (χ1n) is 7.71. The molecule has 0 bridgehead atoms. The highest BCUT2D eigenvalue weighted by Gasteiger charge is 2.58. The van der Waals surface area contributed by atoms with Crippen LogP contribution in [0.3, 0.4) is 0 Å². The average molecular weight is 290 g/mol. The molecular formula is C16H34O4. The zero-order chi connectivity index (χ0) is 16.1. The first-order chi connectivity index (χ1) is 9.06. The molecule has 20 heavy (non-hydrogen) atoms. The zero-order valence-corrected chi connectivity index (χ0v) is 14.4. The van der Waals surface area contributed by atoms with Crippen LogP contribution in [0.4, 0.5) is 0 Å². The largest absolute Gasteiger partial charge is 0.394 e. The van der Waals surface area contributed by atoms with Crippen molar-refractivity contribution in [1.29, 1.82) is 0 Å². The van der Waals surface area contributed by atoms with E-state index in [1.54, 1.807) is 0 Å². The first-order valence-corrected chi connectivity index (χ1v) is 7.71. The van der Waals surface area contributed by atoms with Gasteiger partial charge in [-0.2, -0.15) is 0 Å². The minimum atomic E-state index is -1.44. The van der Waals surface area contributed by atoms with Crippen LogP contribution in [-0.4, -0.2) is 40.9 Å². The summed E-state index contributed by atoms with van der Waals surface area (Å²) < 4.78 is 11.9. The quantitative estimate of drug-likeness (QED) is 0.641. The fourth-order valence-corrected chi connectivity index (χ4v) is 3.17. The molecule has 0 aromatic carbocycles. The molecule has 0 amide bonds. The minimum absolute atomic E-state index is 0.0252. The summed E-state index contributed by atoms with van der Waals surface area (Å²) in [5, 5.41) is 20.3. The molecule has 1 unspecified atom stereocenters. The highest BCUT2D eigenvalue weighted by atomic mass is 16.7. The molecule has 0 aliphatic heterocycles. The first kappa shape index (κ1) is 19.8. The van der Waals surface area contributed by atoms with E-state index in [-0.39, 0.29) is 37.1 Å². The molecule has 4 heteroatoms. The number of aliphatic hydroxyl groups excluding tert-OH is 1. The Kier molecular flexibility index (Phi) is 7.67. The van der Waals surface area contributed by atoms with Crippen molar-refractivity contribution in [2.75, 3.05) is 13.2 Å². The van der Waals surface area contributed by atoms with Gasteiger partial charge in [0.25, 0.3) is 0 Å². The summed E-state index contributed by atoms with van der Waals surface area (Å²) in [5.41, 5.74) is -0.829. The third kappa shape index (κ3) is 3.73. The van der Waals surface area contributed by atoms with Gasteiger partial charge in [0.1, 0.15) is 5.60 Å². The summed E-state index contributed by atoms with van der Waals surface area (Å²) in [6.07, 6.45) is -0.0252. The van der Waals surface area contributed by atoms with Crippen molar-refractivity contribution >= 4 is 0 Å². The third-order valence-electron chi connectivity index (χ3n) is 3.90. The van der Waals surface area contributed by atoms with E-state index in [4.69, 9.17) is 14.6 Å². The molecule has 122 valence electrons. The van der Waals surface area contributed by atoms with Crippen LogP contribution in [0.1, 0.15) is 55.4 Å². The fourth-order valence-electron chi connectivity index (χ4n) is 3.17. The van der Waals surface area contributed by atoms with Crippen molar-refractivity contribution in [3.8, 4) is 0 Å². The molecule has 0 spiro atoms. The van der Waals surface area contributed by atoms with Gasteiger partial charge in [0.15, 0.2) is 5.79 Å². The summed E-state index contributed by atoms with van der Waals surface area (Å²) in [7, 11) is 0. The van der Waals surface area contributed by atoms with Crippen LogP contribution < -0.4 is 0 Å². The topological polar surface area (TPSA) is 58.9 Å². The molecule has 2 N–H and O–H groups in total. The Morgan fingerprint density at radius 3 is 1.55 bits per heavy atom. The van der Waals surface area contributed by atoms with Gasteiger partial charge in [0.05, 0.1) is 19.3 Å². The monoisotopic (exact) mass is 290 g/mol.